The maximum Gasteiger partial charge on any atom is 0.321 e. The Bertz CT molecular complexity index is 765. The highest BCUT2D eigenvalue weighted by Gasteiger charge is 2.31. The number of carbonyl (C=O) groups is 2. The van der Waals surface area contributed by atoms with Gasteiger partial charge < -0.3 is 4.74 Å². The molecule has 0 amide bonds. The first-order valence-electron chi connectivity index (χ1n) is 9.73. The lowest BCUT2D eigenvalue weighted by Crippen LogP contribution is -2.29. The molecule has 2 atom stereocenters. The first-order valence-corrected chi connectivity index (χ1v) is 9.73. The number of ether oxygens (including phenoxy) is 1. The van der Waals surface area contributed by atoms with Crippen LogP contribution in [0.1, 0.15) is 49.1 Å². The maximum atomic E-state index is 13.0. The fourth-order valence-corrected chi connectivity index (χ4v) is 3.44. The van der Waals surface area contributed by atoms with Gasteiger partial charge in [0.15, 0.2) is 5.78 Å². The van der Waals surface area contributed by atoms with Crippen molar-refractivity contribution in [3.63, 3.8) is 0 Å². The molecule has 2 unspecified atom stereocenters. The van der Waals surface area contributed by atoms with Crippen molar-refractivity contribution in [1.82, 2.24) is 0 Å². The molecule has 3 heteroatoms. The third kappa shape index (κ3) is 5.65. The van der Waals surface area contributed by atoms with Crippen LogP contribution in [-0.4, -0.2) is 17.9 Å². The van der Waals surface area contributed by atoms with Crippen LogP contribution in [0, 0.1) is 0 Å². The van der Waals surface area contributed by atoms with E-state index in [1.54, 1.807) is 0 Å². The highest BCUT2D eigenvalue weighted by Crippen LogP contribution is 2.23. The van der Waals surface area contributed by atoms with E-state index < -0.39 is 11.9 Å². The van der Waals surface area contributed by atoms with Crippen LogP contribution < -0.4 is 0 Å². The summed E-state index contributed by atoms with van der Waals surface area (Å²) in [5.41, 5.74) is 1.60. The zero-order valence-electron chi connectivity index (χ0n) is 15.6. The van der Waals surface area contributed by atoms with E-state index in [0.717, 1.165) is 31.2 Å². The maximum absolute atomic E-state index is 13.0. The lowest BCUT2D eigenvalue weighted by Gasteiger charge is -2.21. The normalized spacial score (nSPS) is 19.3. The second-order valence-corrected chi connectivity index (χ2v) is 7.01. The number of rotatable bonds is 6. The van der Waals surface area contributed by atoms with Gasteiger partial charge in [0.2, 0.25) is 0 Å². The molecular weight excluding hydrogens is 336 g/mol. The highest BCUT2D eigenvalue weighted by atomic mass is 16.5. The quantitative estimate of drug-likeness (QED) is 0.412. The van der Waals surface area contributed by atoms with Gasteiger partial charge in [0, 0.05) is 6.42 Å². The van der Waals surface area contributed by atoms with Gasteiger partial charge in [0.1, 0.15) is 12.0 Å². The van der Waals surface area contributed by atoms with Crippen molar-refractivity contribution in [3.05, 3.63) is 83.9 Å². The van der Waals surface area contributed by atoms with Gasteiger partial charge in [0.25, 0.3) is 0 Å². The summed E-state index contributed by atoms with van der Waals surface area (Å²) in [6.07, 6.45) is 9.23. The molecule has 0 heterocycles. The van der Waals surface area contributed by atoms with Gasteiger partial charge in [0.05, 0.1) is 0 Å². The second-order valence-electron chi connectivity index (χ2n) is 7.01. The zero-order valence-corrected chi connectivity index (χ0v) is 15.6. The molecule has 0 aliphatic heterocycles. The van der Waals surface area contributed by atoms with Crippen LogP contribution in [0.4, 0.5) is 0 Å². The SMILES string of the molecule is O=C(Cc1ccccc1)C(C(=O)OC1/C=C/CCCCC1)c1ccccc1. The molecule has 0 N–H and O–H groups in total. The first kappa shape index (κ1) is 19.1. The van der Waals surface area contributed by atoms with Gasteiger partial charge in [-0.2, -0.15) is 0 Å². The molecule has 0 fully saturated rings. The fraction of sp³-hybridized carbons (Fsp3) is 0.333. The molecule has 3 rings (SSSR count). The Morgan fingerprint density at radius 3 is 2.37 bits per heavy atom. The Kier molecular flexibility index (Phi) is 6.97. The van der Waals surface area contributed by atoms with Crippen LogP contribution in [0.2, 0.25) is 0 Å². The van der Waals surface area contributed by atoms with Crippen LogP contribution in [0.5, 0.6) is 0 Å². The fourth-order valence-electron chi connectivity index (χ4n) is 3.44. The summed E-state index contributed by atoms with van der Waals surface area (Å²) in [4.78, 5) is 26.0. The number of allylic oxidation sites excluding steroid dienone is 1. The largest absolute Gasteiger partial charge is 0.457 e. The molecule has 0 aromatic heterocycles. The lowest BCUT2D eigenvalue weighted by molar-refractivity contribution is -0.151. The number of Topliss-reactive ketones (excluding diaryl/α,β-unsaturated/α-hetero) is 1. The predicted molar refractivity (Wildman–Crippen MR) is 106 cm³/mol. The topological polar surface area (TPSA) is 43.4 Å². The summed E-state index contributed by atoms with van der Waals surface area (Å²) in [6.45, 7) is 0. The van der Waals surface area contributed by atoms with Crippen molar-refractivity contribution >= 4 is 11.8 Å². The van der Waals surface area contributed by atoms with E-state index in [9.17, 15) is 9.59 Å². The van der Waals surface area contributed by atoms with Crippen molar-refractivity contribution in [3.8, 4) is 0 Å². The Morgan fingerprint density at radius 2 is 1.63 bits per heavy atom. The second kappa shape index (κ2) is 9.86. The Balaban J connectivity index is 1.77. The zero-order chi connectivity index (χ0) is 18.9. The molecule has 0 bridgehead atoms. The molecule has 0 saturated heterocycles. The van der Waals surface area contributed by atoms with Gasteiger partial charge in [-0.05, 0) is 42.9 Å². The first-order chi connectivity index (χ1) is 13.2. The molecule has 0 radical (unpaired) electrons. The van der Waals surface area contributed by atoms with Crippen LogP contribution in [-0.2, 0) is 20.7 Å². The molecule has 27 heavy (non-hydrogen) atoms. The molecular formula is C24H26O3. The van der Waals surface area contributed by atoms with Gasteiger partial charge >= 0.3 is 5.97 Å². The van der Waals surface area contributed by atoms with Gasteiger partial charge in [-0.25, -0.2) is 0 Å². The number of hydrogen-bond donors (Lipinski definition) is 0. The summed E-state index contributed by atoms with van der Waals surface area (Å²) >= 11 is 0. The molecule has 0 spiro atoms. The number of esters is 1. The van der Waals surface area contributed by atoms with Crippen molar-refractivity contribution < 1.29 is 14.3 Å². The van der Waals surface area contributed by atoms with E-state index in [1.165, 1.54) is 6.42 Å². The van der Waals surface area contributed by atoms with Gasteiger partial charge in [-0.15, -0.1) is 0 Å². The van der Waals surface area contributed by atoms with E-state index >= 15 is 0 Å². The molecule has 1 aliphatic rings. The summed E-state index contributed by atoms with van der Waals surface area (Å²) < 4.78 is 5.76. The van der Waals surface area contributed by atoms with Crippen LogP contribution in [0.25, 0.3) is 0 Å². The Morgan fingerprint density at radius 1 is 0.926 bits per heavy atom. The van der Waals surface area contributed by atoms with E-state index in [2.05, 4.69) is 6.08 Å². The predicted octanol–water partition coefficient (Wildman–Crippen LogP) is 5.01. The van der Waals surface area contributed by atoms with Crippen LogP contribution in [0.15, 0.2) is 72.8 Å². The molecule has 140 valence electrons. The average Bonchev–Trinajstić information content (AvgIpc) is 2.66. The lowest BCUT2D eigenvalue weighted by atomic mass is 9.91. The third-order valence-electron chi connectivity index (χ3n) is 4.89. The molecule has 3 nitrogen and oxygen atoms in total. The summed E-state index contributed by atoms with van der Waals surface area (Å²) in [5.74, 6) is -1.46. The molecule has 1 aliphatic carbocycles. The van der Waals surface area contributed by atoms with Gasteiger partial charge in [-0.1, -0.05) is 73.2 Å². The van der Waals surface area contributed by atoms with E-state index in [1.807, 2.05) is 66.7 Å². The van der Waals surface area contributed by atoms with Crippen molar-refractivity contribution in [2.45, 2.75) is 50.5 Å². The number of hydrogen-bond acceptors (Lipinski definition) is 3. The van der Waals surface area contributed by atoms with E-state index in [0.29, 0.717) is 5.56 Å². The minimum atomic E-state index is -0.884. The highest BCUT2D eigenvalue weighted by molar-refractivity contribution is 6.05. The summed E-state index contributed by atoms with van der Waals surface area (Å²) in [7, 11) is 0. The Labute approximate surface area is 161 Å². The minimum absolute atomic E-state index is 0.132. The van der Waals surface area contributed by atoms with E-state index in [4.69, 9.17) is 4.74 Å². The monoisotopic (exact) mass is 362 g/mol. The van der Waals surface area contributed by atoms with Crippen molar-refractivity contribution in [1.29, 1.82) is 0 Å². The molecule has 0 saturated carbocycles. The van der Waals surface area contributed by atoms with Crippen molar-refractivity contribution in [2.75, 3.05) is 0 Å². The van der Waals surface area contributed by atoms with Gasteiger partial charge in [-0.3, -0.25) is 9.59 Å². The Hall–Kier alpha value is -2.68. The van der Waals surface area contributed by atoms with Crippen molar-refractivity contribution in [2.24, 2.45) is 0 Å². The standard InChI is InChI=1S/C24H26O3/c25-22(18-19-12-6-4-7-13-19)23(20-14-8-5-9-15-20)24(26)27-21-16-10-2-1-3-11-17-21/h4-10,12-16,21,23H,1-3,11,17-18H2/b16-10+. The molecule has 2 aromatic rings. The minimum Gasteiger partial charge on any atom is -0.457 e. The van der Waals surface area contributed by atoms with Crippen LogP contribution in [0.3, 0.4) is 0 Å². The third-order valence-corrected chi connectivity index (χ3v) is 4.89. The number of benzene rings is 2. The summed E-state index contributed by atoms with van der Waals surface area (Å²) in [5, 5.41) is 0. The van der Waals surface area contributed by atoms with Crippen LogP contribution >= 0.6 is 0 Å². The number of ketones is 1. The van der Waals surface area contributed by atoms with E-state index in [-0.39, 0.29) is 18.3 Å². The smallest absolute Gasteiger partial charge is 0.321 e. The average molecular weight is 362 g/mol. The number of carbonyl (C=O) groups excluding carboxylic acids is 2. The summed E-state index contributed by atoms with van der Waals surface area (Å²) in [6, 6.07) is 18.7. The molecule has 2 aromatic carbocycles.